The number of thiophene rings is 1. The maximum Gasteiger partial charge on any atom is 0.226 e. The summed E-state index contributed by atoms with van der Waals surface area (Å²) >= 11 is 1.80. The Labute approximate surface area is 128 Å². The first-order valence-corrected chi connectivity index (χ1v) is 7.81. The van der Waals surface area contributed by atoms with Crippen LogP contribution in [0.2, 0.25) is 0 Å². The number of rotatable bonds is 5. The molecule has 0 saturated heterocycles. The Bertz CT molecular complexity index is 702. The van der Waals surface area contributed by atoms with Crippen LogP contribution in [-0.4, -0.2) is 16.9 Å². The third-order valence-electron chi connectivity index (χ3n) is 3.39. The molecule has 1 aromatic carbocycles. The lowest BCUT2D eigenvalue weighted by molar-refractivity contribution is 0.317. The van der Waals surface area contributed by atoms with Gasteiger partial charge in [0.1, 0.15) is 6.26 Å². The number of hydrogen-bond donors (Lipinski definition) is 0. The van der Waals surface area contributed by atoms with Gasteiger partial charge in [-0.05, 0) is 43.1 Å². The highest BCUT2D eigenvalue weighted by atomic mass is 32.1. The molecule has 0 saturated carbocycles. The van der Waals surface area contributed by atoms with Crippen LogP contribution in [0.5, 0.6) is 0 Å². The van der Waals surface area contributed by atoms with E-state index >= 15 is 0 Å². The number of hydrogen-bond acceptors (Lipinski definition) is 4. The van der Waals surface area contributed by atoms with E-state index in [1.807, 2.05) is 30.3 Å². The highest BCUT2D eigenvalue weighted by molar-refractivity contribution is 7.10. The van der Waals surface area contributed by atoms with Crippen LogP contribution in [0.4, 0.5) is 0 Å². The van der Waals surface area contributed by atoms with E-state index in [9.17, 15) is 0 Å². The van der Waals surface area contributed by atoms with E-state index in [2.05, 4.69) is 35.3 Å². The van der Waals surface area contributed by atoms with Crippen molar-refractivity contribution in [2.24, 2.45) is 0 Å². The molecule has 0 unspecified atom stereocenters. The zero-order chi connectivity index (χ0) is 14.7. The molecule has 4 heteroatoms. The van der Waals surface area contributed by atoms with Gasteiger partial charge in [0, 0.05) is 23.5 Å². The van der Waals surface area contributed by atoms with Crippen LogP contribution in [0, 0.1) is 6.92 Å². The molecule has 0 radical (unpaired) electrons. The molecule has 108 valence electrons. The van der Waals surface area contributed by atoms with Gasteiger partial charge in [0.05, 0.1) is 5.69 Å². The number of aryl methyl sites for hydroxylation is 1. The number of oxazole rings is 1. The van der Waals surface area contributed by atoms with E-state index in [1.54, 1.807) is 17.6 Å². The summed E-state index contributed by atoms with van der Waals surface area (Å²) in [4.78, 5) is 8.23. The number of aromatic nitrogens is 1. The average molecular weight is 298 g/mol. The summed E-state index contributed by atoms with van der Waals surface area (Å²) < 4.78 is 5.58. The molecular weight excluding hydrogens is 280 g/mol. The summed E-state index contributed by atoms with van der Waals surface area (Å²) in [6, 6.07) is 12.2. The predicted molar refractivity (Wildman–Crippen MR) is 86.2 cm³/mol. The van der Waals surface area contributed by atoms with Crippen molar-refractivity contribution in [3.63, 3.8) is 0 Å². The standard InChI is InChI=1S/C17H18N2OS/c1-13-8-9-21-16(13)11-19(2)10-15-12-20-17(18-15)14-6-4-3-5-7-14/h3-9,12H,10-11H2,1-2H3. The van der Waals surface area contributed by atoms with Gasteiger partial charge in [0.15, 0.2) is 0 Å². The topological polar surface area (TPSA) is 29.3 Å². The molecule has 0 aliphatic carbocycles. The van der Waals surface area contributed by atoms with Crippen LogP contribution in [0.3, 0.4) is 0 Å². The summed E-state index contributed by atoms with van der Waals surface area (Å²) in [5.74, 6) is 0.686. The lowest BCUT2D eigenvalue weighted by Gasteiger charge is -2.14. The molecule has 2 heterocycles. The van der Waals surface area contributed by atoms with Crippen molar-refractivity contribution in [3.05, 3.63) is 64.2 Å². The Hall–Kier alpha value is -1.91. The minimum atomic E-state index is 0.686. The Morgan fingerprint density at radius 1 is 1.14 bits per heavy atom. The zero-order valence-corrected chi connectivity index (χ0v) is 13.1. The highest BCUT2D eigenvalue weighted by Crippen LogP contribution is 2.20. The normalized spacial score (nSPS) is 11.2. The highest BCUT2D eigenvalue weighted by Gasteiger charge is 2.10. The van der Waals surface area contributed by atoms with Crippen molar-refractivity contribution < 1.29 is 4.42 Å². The van der Waals surface area contributed by atoms with E-state index in [4.69, 9.17) is 4.42 Å². The van der Waals surface area contributed by atoms with Crippen molar-refractivity contribution in [1.82, 2.24) is 9.88 Å². The smallest absolute Gasteiger partial charge is 0.226 e. The van der Waals surface area contributed by atoms with E-state index in [0.29, 0.717) is 5.89 Å². The van der Waals surface area contributed by atoms with Gasteiger partial charge in [-0.15, -0.1) is 11.3 Å². The van der Waals surface area contributed by atoms with Crippen molar-refractivity contribution >= 4 is 11.3 Å². The van der Waals surface area contributed by atoms with E-state index < -0.39 is 0 Å². The van der Waals surface area contributed by atoms with Gasteiger partial charge in [0.25, 0.3) is 0 Å². The monoisotopic (exact) mass is 298 g/mol. The summed E-state index contributed by atoms with van der Waals surface area (Å²) in [5, 5.41) is 2.14. The lowest BCUT2D eigenvalue weighted by atomic mass is 10.2. The number of nitrogens with zero attached hydrogens (tertiary/aromatic N) is 2. The van der Waals surface area contributed by atoms with Crippen molar-refractivity contribution in [2.45, 2.75) is 20.0 Å². The first-order valence-electron chi connectivity index (χ1n) is 6.94. The van der Waals surface area contributed by atoms with Gasteiger partial charge in [-0.2, -0.15) is 0 Å². The fourth-order valence-corrected chi connectivity index (χ4v) is 3.22. The second-order valence-corrected chi connectivity index (χ2v) is 6.21. The molecule has 3 nitrogen and oxygen atoms in total. The van der Waals surface area contributed by atoms with Crippen LogP contribution >= 0.6 is 11.3 Å². The van der Waals surface area contributed by atoms with Crippen LogP contribution in [0.15, 0.2) is 52.5 Å². The quantitative estimate of drug-likeness (QED) is 0.701. The van der Waals surface area contributed by atoms with Gasteiger partial charge in [-0.25, -0.2) is 4.98 Å². The molecule has 0 spiro atoms. The second-order valence-electron chi connectivity index (χ2n) is 5.21. The molecule has 3 rings (SSSR count). The molecule has 0 aliphatic rings. The van der Waals surface area contributed by atoms with E-state index in [0.717, 1.165) is 24.3 Å². The van der Waals surface area contributed by atoms with Crippen molar-refractivity contribution in [1.29, 1.82) is 0 Å². The third-order valence-corrected chi connectivity index (χ3v) is 4.39. The molecule has 0 N–H and O–H groups in total. The lowest BCUT2D eigenvalue weighted by Crippen LogP contribution is -2.17. The Morgan fingerprint density at radius 3 is 2.67 bits per heavy atom. The van der Waals surface area contributed by atoms with Gasteiger partial charge < -0.3 is 4.42 Å². The van der Waals surface area contributed by atoms with Gasteiger partial charge in [0.2, 0.25) is 5.89 Å². The summed E-state index contributed by atoms with van der Waals surface area (Å²) in [7, 11) is 2.11. The largest absolute Gasteiger partial charge is 0.444 e. The molecule has 0 fully saturated rings. The van der Waals surface area contributed by atoms with Crippen molar-refractivity contribution in [2.75, 3.05) is 7.05 Å². The average Bonchev–Trinajstić information content (AvgIpc) is 3.10. The van der Waals surface area contributed by atoms with Gasteiger partial charge in [-0.3, -0.25) is 4.90 Å². The Morgan fingerprint density at radius 2 is 1.95 bits per heavy atom. The first kappa shape index (κ1) is 14.0. The molecule has 0 aliphatic heterocycles. The number of benzene rings is 1. The maximum atomic E-state index is 5.58. The second kappa shape index (κ2) is 6.24. The summed E-state index contributed by atoms with van der Waals surface area (Å²) in [5.41, 5.74) is 3.34. The SMILES string of the molecule is Cc1ccsc1CN(C)Cc1coc(-c2ccccc2)n1. The molecule has 0 amide bonds. The van der Waals surface area contributed by atoms with Crippen LogP contribution in [0.1, 0.15) is 16.1 Å². The maximum absolute atomic E-state index is 5.58. The van der Waals surface area contributed by atoms with Crippen LogP contribution in [-0.2, 0) is 13.1 Å². The van der Waals surface area contributed by atoms with Gasteiger partial charge >= 0.3 is 0 Å². The fraction of sp³-hybridized carbons (Fsp3) is 0.235. The Kier molecular flexibility index (Phi) is 4.18. The van der Waals surface area contributed by atoms with Crippen molar-refractivity contribution in [3.8, 4) is 11.5 Å². The summed E-state index contributed by atoms with van der Waals surface area (Å²) in [6.07, 6.45) is 1.75. The van der Waals surface area contributed by atoms with Crippen LogP contribution < -0.4 is 0 Å². The zero-order valence-electron chi connectivity index (χ0n) is 12.2. The van der Waals surface area contributed by atoms with E-state index in [-0.39, 0.29) is 0 Å². The minimum absolute atomic E-state index is 0.686. The third kappa shape index (κ3) is 3.40. The van der Waals surface area contributed by atoms with E-state index in [1.165, 1.54) is 10.4 Å². The molecule has 0 bridgehead atoms. The predicted octanol–water partition coefficient (Wildman–Crippen LogP) is 4.34. The minimum Gasteiger partial charge on any atom is -0.444 e. The fourth-order valence-electron chi connectivity index (χ4n) is 2.24. The molecule has 3 aromatic rings. The van der Waals surface area contributed by atoms with Crippen LogP contribution in [0.25, 0.3) is 11.5 Å². The molecule has 21 heavy (non-hydrogen) atoms. The Balaban J connectivity index is 1.66. The molecule has 0 atom stereocenters. The summed E-state index contributed by atoms with van der Waals surface area (Å²) in [6.45, 7) is 3.88. The first-order chi connectivity index (χ1) is 10.2. The molecular formula is C17H18N2OS. The van der Waals surface area contributed by atoms with Gasteiger partial charge in [-0.1, -0.05) is 18.2 Å². The molecule has 2 aromatic heterocycles.